The Morgan fingerprint density at radius 3 is 2.59 bits per heavy atom. The van der Waals surface area contributed by atoms with Gasteiger partial charge in [0.25, 0.3) is 0 Å². The number of halogens is 2. The summed E-state index contributed by atoms with van der Waals surface area (Å²) < 4.78 is 12.1. The van der Waals surface area contributed by atoms with E-state index < -0.39 is 12.1 Å². The molecule has 216 valence electrons. The summed E-state index contributed by atoms with van der Waals surface area (Å²) in [5, 5.41) is 4.11. The number of carbonyl (C=O) groups excluding carboxylic acids is 1. The van der Waals surface area contributed by atoms with Gasteiger partial charge in [-0.1, -0.05) is 54.1 Å². The van der Waals surface area contributed by atoms with Gasteiger partial charge in [-0.05, 0) is 83.3 Å². The lowest BCUT2D eigenvalue weighted by Gasteiger charge is -2.45. The standard InChI is InChI=1S/C32H36BrClN4O3/c1-40-32(39)30(21-37-14-12-25(35)13-15-37)41-29-16-26(33)27(34)17-28(29)36-18-22-19-38(20-22)31(23-8-4-2-5-9-23)24-10-6-3-7-11-24/h2,4-6,8-11,16-17,22,25,30-31,36H,12-15,18-21,35H2,1H3. The minimum Gasteiger partial charge on any atom is -0.475 e. The molecule has 0 radical (unpaired) electrons. The van der Waals surface area contributed by atoms with Crippen molar-refractivity contribution in [3.05, 3.63) is 93.4 Å². The van der Waals surface area contributed by atoms with Crippen molar-refractivity contribution in [1.29, 1.82) is 0 Å². The Kier molecular flexibility index (Phi) is 10.1. The van der Waals surface area contributed by atoms with Crippen LogP contribution < -0.4 is 15.8 Å². The quantitative estimate of drug-likeness (QED) is 0.280. The maximum atomic E-state index is 12.7. The van der Waals surface area contributed by atoms with Gasteiger partial charge in [0, 0.05) is 42.6 Å². The molecule has 2 unspecified atom stereocenters. The van der Waals surface area contributed by atoms with Gasteiger partial charge in [0.15, 0.2) is 0 Å². The van der Waals surface area contributed by atoms with Crippen LogP contribution in [-0.4, -0.2) is 74.3 Å². The number of rotatable bonds is 11. The van der Waals surface area contributed by atoms with Crippen molar-refractivity contribution in [2.45, 2.75) is 31.0 Å². The van der Waals surface area contributed by atoms with E-state index in [1.165, 1.54) is 18.2 Å². The maximum absolute atomic E-state index is 12.7. The maximum Gasteiger partial charge on any atom is 0.348 e. The fourth-order valence-electron chi connectivity index (χ4n) is 5.56. The fourth-order valence-corrected chi connectivity index (χ4v) is 6.05. The first kappa shape index (κ1) is 29.7. The second kappa shape index (κ2) is 13.9. The average molecular weight is 640 g/mol. The number of hydrogen-bond donors (Lipinski definition) is 2. The first-order chi connectivity index (χ1) is 19.9. The minimum atomic E-state index is -0.770. The molecule has 2 aliphatic heterocycles. The largest absolute Gasteiger partial charge is 0.475 e. The Bertz CT molecular complexity index is 1250. The van der Waals surface area contributed by atoms with E-state index in [1.807, 2.05) is 30.3 Å². The van der Waals surface area contributed by atoms with E-state index in [-0.39, 0.29) is 12.1 Å². The van der Waals surface area contributed by atoms with E-state index in [9.17, 15) is 4.79 Å². The van der Waals surface area contributed by atoms with Crippen molar-refractivity contribution in [1.82, 2.24) is 9.80 Å². The number of nitrogens with one attached hydrogen (secondary N) is 1. The number of benzene rings is 2. The first-order valence-corrected chi connectivity index (χ1v) is 15.2. The summed E-state index contributed by atoms with van der Waals surface area (Å²) in [6.45, 7) is 4.71. The smallest absolute Gasteiger partial charge is 0.348 e. The van der Waals surface area contributed by atoms with Crippen LogP contribution in [0.5, 0.6) is 5.75 Å². The molecule has 0 spiro atoms. The third-order valence-corrected chi connectivity index (χ3v) is 9.05. The van der Waals surface area contributed by atoms with Crippen molar-refractivity contribution in [2.75, 3.05) is 51.7 Å². The lowest BCUT2D eigenvalue weighted by Crippen LogP contribution is -2.51. The van der Waals surface area contributed by atoms with Crippen LogP contribution in [0.25, 0.3) is 0 Å². The van der Waals surface area contributed by atoms with Crippen LogP contribution in [0.4, 0.5) is 5.69 Å². The zero-order valence-electron chi connectivity index (χ0n) is 23.2. The van der Waals surface area contributed by atoms with Gasteiger partial charge in [-0.2, -0.15) is 0 Å². The molecule has 2 atom stereocenters. The highest BCUT2D eigenvalue weighted by Gasteiger charge is 2.34. The lowest BCUT2D eigenvalue weighted by atomic mass is 9.90. The molecule has 5 rings (SSSR count). The third-order valence-electron chi connectivity index (χ3n) is 7.86. The van der Waals surface area contributed by atoms with Gasteiger partial charge in [-0.15, -0.1) is 0 Å². The molecular weight excluding hydrogens is 604 g/mol. The number of carbonyl (C=O) groups is 1. The van der Waals surface area contributed by atoms with Crippen LogP contribution in [0.1, 0.15) is 30.0 Å². The number of ether oxygens (including phenoxy) is 2. The first-order valence-electron chi connectivity index (χ1n) is 14.0. The molecular formula is C32H36BrClN4O3. The molecule has 2 heterocycles. The molecule has 0 saturated carbocycles. The number of anilines is 1. The van der Waals surface area contributed by atoms with Gasteiger partial charge in [0.2, 0.25) is 6.10 Å². The minimum absolute atomic E-state index is 0.171. The third kappa shape index (κ3) is 7.54. The molecule has 3 aromatic carbocycles. The van der Waals surface area contributed by atoms with E-state index in [1.54, 1.807) is 0 Å². The number of esters is 1. The van der Waals surface area contributed by atoms with Crippen molar-refractivity contribution >= 4 is 39.2 Å². The van der Waals surface area contributed by atoms with E-state index >= 15 is 0 Å². The van der Waals surface area contributed by atoms with Crippen LogP contribution in [0, 0.1) is 18.1 Å². The number of hydrogen-bond acceptors (Lipinski definition) is 7. The highest BCUT2D eigenvalue weighted by molar-refractivity contribution is 9.10. The molecule has 0 bridgehead atoms. The van der Waals surface area contributed by atoms with E-state index in [4.69, 9.17) is 26.8 Å². The van der Waals surface area contributed by atoms with Gasteiger partial charge in [-0.3, -0.25) is 9.80 Å². The topological polar surface area (TPSA) is 80.1 Å². The Hall–Kier alpha value is -2.80. The second-order valence-corrected chi connectivity index (χ2v) is 12.1. The Morgan fingerprint density at radius 2 is 1.90 bits per heavy atom. The highest BCUT2D eigenvalue weighted by atomic mass is 79.9. The number of nitrogens with zero attached hydrogens (tertiary/aromatic N) is 2. The monoisotopic (exact) mass is 638 g/mol. The summed E-state index contributed by atoms with van der Waals surface area (Å²) in [4.78, 5) is 17.4. The molecule has 0 aliphatic carbocycles. The van der Waals surface area contributed by atoms with Gasteiger partial charge in [0.05, 0.1) is 23.9 Å². The van der Waals surface area contributed by atoms with Crippen molar-refractivity contribution in [3.8, 4) is 5.75 Å². The van der Waals surface area contributed by atoms with Crippen LogP contribution >= 0.6 is 27.5 Å². The number of likely N-dealkylation sites (tertiary alicyclic amines) is 2. The molecule has 3 aromatic rings. The van der Waals surface area contributed by atoms with Gasteiger partial charge in [-0.25, -0.2) is 4.79 Å². The molecule has 41 heavy (non-hydrogen) atoms. The SMILES string of the molecule is COC(=O)C(CN1CCC(N)CC1)Oc1cc(Br)c(Cl)cc1NCC1CN(C(c2cc#ccc2)c2ccccc2)C1. The Labute approximate surface area is 256 Å². The summed E-state index contributed by atoms with van der Waals surface area (Å²) >= 11 is 9.99. The summed E-state index contributed by atoms with van der Waals surface area (Å²) in [6.07, 6.45) is 1.03. The molecule has 2 aliphatic rings. The zero-order valence-corrected chi connectivity index (χ0v) is 25.5. The average Bonchev–Trinajstić information content (AvgIpc) is 2.97. The van der Waals surface area contributed by atoms with Crippen LogP contribution in [-0.2, 0) is 9.53 Å². The fraction of sp³-hybridized carbons (Fsp3) is 0.406. The molecule has 2 fully saturated rings. The van der Waals surface area contributed by atoms with Gasteiger partial charge >= 0.3 is 5.97 Å². The Balaban J connectivity index is 1.25. The second-order valence-electron chi connectivity index (χ2n) is 10.8. The highest BCUT2D eigenvalue weighted by Crippen LogP contribution is 2.37. The van der Waals surface area contributed by atoms with E-state index in [0.29, 0.717) is 27.7 Å². The summed E-state index contributed by atoms with van der Waals surface area (Å²) in [5.74, 6) is 0.582. The zero-order chi connectivity index (χ0) is 28.8. The number of methoxy groups -OCH3 is 1. The van der Waals surface area contributed by atoms with Crippen LogP contribution in [0.15, 0.2) is 65.1 Å². The molecule has 3 N–H and O–H groups in total. The summed E-state index contributed by atoms with van der Waals surface area (Å²) in [5.41, 5.74) is 9.29. The van der Waals surface area contributed by atoms with Crippen LogP contribution in [0.2, 0.25) is 5.02 Å². The van der Waals surface area contributed by atoms with Crippen molar-refractivity contribution in [2.24, 2.45) is 11.7 Å². The Morgan fingerprint density at radius 1 is 1.15 bits per heavy atom. The van der Waals surface area contributed by atoms with Gasteiger partial charge in [0.1, 0.15) is 5.75 Å². The molecule has 2 saturated heterocycles. The number of nitrogens with two attached hydrogens (primary N) is 1. The molecule has 7 nitrogen and oxygen atoms in total. The lowest BCUT2D eigenvalue weighted by molar-refractivity contribution is -0.149. The van der Waals surface area contributed by atoms with E-state index in [2.05, 4.69) is 73.5 Å². The molecule has 0 aromatic heterocycles. The van der Waals surface area contributed by atoms with Crippen molar-refractivity contribution < 1.29 is 14.3 Å². The molecule has 9 heteroatoms. The number of piperidine rings is 1. The normalized spacial score (nSPS) is 17.5. The van der Waals surface area contributed by atoms with E-state index in [0.717, 1.165) is 51.3 Å². The predicted molar refractivity (Wildman–Crippen MR) is 165 cm³/mol. The van der Waals surface area contributed by atoms with Crippen LogP contribution in [0.3, 0.4) is 0 Å². The predicted octanol–water partition coefficient (Wildman–Crippen LogP) is 5.18. The summed E-state index contributed by atoms with van der Waals surface area (Å²) in [6, 6.07) is 26.8. The van der Waals surface area contributed by atoms with Gasteiger partial charge < -0.3 is 20.5 Å². The van der Waals surface area contributed by atoms with Crippen molar-refractivity contribution in [3.63, 3.8) is 0 Å². The summed E-state index contributed by atoms with van der Waals surface area (Å²) in [7, 11) is 1.39. The molecule has 0 amide bonds.